The molecule has 2 heterocycles. The van der Waals surface area contributed by atoms with Crippen LogP contribution >= 0.6 is 0 Å². The van der Waals surface area contributed by atoms with Crippen molar-refractivity contribution in [2.75, 3.05) is 10.6 Å². The van der Waals surface area contributed by atoms with Crippen molar-refractivity contribution in [3.05, 3.63) is 102 Å². The van der Waals surface area contributed by atoms with Gasteiger partial charge in [0.25, 0.3) is 0 Å². The Morgan fingerprint density at radius 3 is 2.29 bits per heavy atom. The summed E-state index contributed by atoms with van der Waals surface area (Å²) in [7, 11) is 0. The van der Waals surface area contributed by atoms with Gasteiger partial charge < -0.3 is 10.6 Å². The van der Waals surface area contributed by atoms with Gasteiger partial charge in [-0.05, 0) is 47.7 Å². The second-order valence-corrected chi connectivity index (χ2v) is 7.36. The molecule has 2 aromatic carbocycles. The van der Waals surface area contributed by atoms with Crippen molar-refractivity contribution in [3.63, 3.8) is 0 Å². The lowest BCUT2D eigenvalue weighted by Gasteiger charge is -2.29. The van der Waals surface area contributed by atoms with E-state index in [1.54, 1.807) is 12.4 Å². The highest BCUT2D eigenvalue weighted by molar-refractivity contribution is 6.01. The van der Waals surface area contributed by atoms with Gasteiger partial charge in [-0.1, -0.05) is 42.5 Å². The van der Waals surface area contributed by atoms with Crippen LogP contribution in [0.1, 0.15) is 35.9 Å². The molecule has 2 N–H and O–H groups in total. The number of anilines is 2. The number of nitrogens with one attached hydrogen (secondary N) is 2. The Labute approximate surface area is 164 Å². The number of ketones is 1. The molecule has 5 rings (SSSR count). The van der Waals surface area contributed by atoms with Crippen molar-refractivity contribution in [3.8, 4) is 0 Å². The Morgan fingerprint density at radius 1 is 0.786 bits per heavy atom. The first-order valence-corrected chi connectivity index (χ1v) is 9.63. The van der Waals surface area contributed by atoms with Crippen LogP contribution in [0.5, 0.6) is 0 Å². The Bertz CT molecular complexity index is 1040. The molecule has 2 atom stereocenters. The second-order valence-electron chi connectivity index (χ2n) is 7.36. The van der Waals surface area contributed by atoms with Gasteiger partial charge >= 0.3 is 0 Å². The summed E-state index contributed by atoms with van der Waals surface area (Å²) in [5.74, 6) is 0.396. The molecule has 0 radical (unpaired) electrons. The van der Waals surface area contributed by atoms with Crippen molar-refractivity contribution in [2.24, 2.45) is 0 Å². The Balaban J connectivity index is 1.62. The number of rotatable bonds is 2. The highest BCUT2D eigenvalue weighted by atomic mass is 16.1. The van der Waals surface area contributed by atoms with Crippen LogP contribution in [-0.4, -0.2) is 10.8 Å². The third-order valence-electron chi connectivity index (χ3n) is 5.62. The van der Waals surface area contributed by atoms with Crippen LogP contribution in [0.3, 0.4) is 0 Å². The number of allylic oxidation sites excluding steroid dienone is 1. The van der Waals surface area contributed by atoms with Crippen LogP contribution in [0.4, 0.5) is 11.4 Å². The van der Waals surface area contributed by atoms with Gasteiger partial charge in [0.15, 0.2) is 5.78 Å². The normalized spacial score (nSPS) is 21.1. The molecule has 28 heavy (non-hydrogen) atoms. The number of carbonyl (C=O) groups excluding carboxylic acids is 1. The predicted octanol–water partition coefficient (Wildman–Crippen LogP) is 5.06. The molecule has 0 fully saturated rings. The van der Waals surface area contributed by atoms with E-state index in [0.29, 0.717) is 6.42 Å². The zero-order valence-electron chi connectivity index (χ0n) is 15.4. The van der Waals surface area contributed by atoms with Gasteiger partial charge in [0.2, 0.25) is 0 Å². The van der Waals surface area contributed by atoms with Crippen molar-refractivity contribution in [2.45, 2.75) is 24.8 Å². The van der Waals surface area contributed by atoms with Crippen molar-refractivity contribution >= 4 is 17.2 Å². The maximum absolute atomic E-state index is 13.3. The minimum absolute atomic E-state index is 0.182. The second kappa shape index (κ2) is 6.97. The number of aromatic nitrogens is 1. The molecule has 0 saturated carbocycles. The lowest BCUT2D eigenvalue weighted by atomic mass is 9.78. The molecule has 1 aromatic heterocycles. The van der Waals surface area contributed by atoms with Crippen LogP contribution < -0.4 is 10.6 Å². The first-order valence-electron chi connectivity index (χ1n) is 9.63. The molecular weight excluding hydrogens is 346 g/mol. The third-order valence-corrected chi connectivity index (χ3v) is 5.62. The predicted molar refractivity (Wildman–Crippen MR) is 111 cm³/mol. The lowest BCUT2D eigenvalue weighted by Crippen LogP contribution is -2.26. The van der Waals surface area contributed by atoms with Gasteiger partial charge in [-0.3, -0.25) is 9.78 Å². The van der Waals surface area contributed by atoms with Crippen LogP contribution in [-0.2, 0) is 4.79 Å². The molecule has 2 aliphatic rings. The van der Waals surface area contributed by atoms with E-state index in [2.05, 4.69) is 33.8 Å². The smallest absolute Gasteiger partial charge is 0.163 e. The first-order chi connectivity index (χ1) is 13.8. The zero-order chi connectivity index (χ0) is 18.9. The fourth-order valence-electron chi connectivity index (χ4n) is 4.26. The van der Waals surface area contributed by atoms with Crippen molar-refractivity contribution < 1.29 is 4.79 Å². The van der Waals surface area contributed by atoms with E-state index in [-0.39, 0.29) is 17.7 Å². The number of hydrogen-bond donors (Lipinski definition) is 2. The van der Waals surface area contributed by atoms with E-state index in [1.807, 2.05) is 48.5 Å². The van der Waals surface area contributed by atoms with E-state index < -0.39 is 0 Å². The molecule has 1 aliphatic carbocycles. The van der Waals surface area contributed by atoms with Crippen LogP contribution in [0.2, 0.25) is 0 Å². The molecule has 0 saturated heterocycles. The third kappa shape index (κ3) is 2.97. The summed E-state index contributed by atoms with van der Waals surface area (Å²) in [5.41, 5.74) is 6.14. The molecule has 4 nitrogen and oxygen atoms in total. The highest BCUT2D eigenvalue weighted by Crippen LogP contribution is 2.43. The van der Waals surface area contributed by atoms with E-state index in [0.717, 1.165) is 34.6 Å². The summed E-state index contributed by atoms with van der Waals surface area (Å²) in [5, 5.41) is 7.16. The molecule has 1 aliphatic heterocycles. The molecule has 0 unspecified atom stereocenters. The maximum Gasteiger partial charge on any atom is 0.163 e. The van der Waals surface area contributed by atoms with Gasteiger partial charge in [-0.25, -0.2) is 0 Å². The number of nitrogens with zero attached hydrogens (tertiary/aromatic N) is 1. The first kappa shape index (κ1) is 16.8. The van der Waals surface area contributed by atoms with E-state index in [1.165, 1.54) is 5.56 Å². The molecular formula is C24H21N3O. The Morgan fingerprint density at radius 2 is 1.50 bits per heavy atom. The van der Waals surface area contributed by atoms with Gasteiger partial charge in [0.1, 0.15) is 0 Å². The Hall–Kier alpha value is -3.40. The highest BCUT2D eigenvalue weighted by Gasteiger charge is 2.35. The number of hydrogen-bond acceptors (Lipinski definition) is 4. The van der Waals surface area contributed by atoms with E-state index in [9.17, 15) is 4.79 Å². The summed E-state index contributed by atoms with van der Waals surface area (Å²) in [6.45, 7) is 0. The van der Waals surface area contributed by atoms with Crippen molar-refractivity contribution in [1.82, 2.24) is 4.98 Å². The number of fused-ring (bicyclic) bond motifs is 1. The topological polar surface area (TPSA) is 54.0 Å². The molecule has 0 amide bonds. The molecule has 0 bridgehead atoms. The monoisotopic (exact) mass is 367 g/mol. The number of benzene rings is 2. The summed E-state index contributed by atoms with van der Waals surface area (Å²) in [6, 6.07) is 22.2. The standard InChI is InChI=1S/C24H21N3O/c28-22-15-18(16-6-2-1-3-7-16)14-21-23(22)24(17-10-12-25-13-11-17)27-20-9-5-4-8-19(20)26-21/h1-13,18,24,26-27H,14-15H2/t18-,24+/m0/s1. The summed E-state index contributed by atoms with van der Waals surface area (Å²) in [4.78, 5) is 17.5. The molecule has 138 valence electrons. The minimum atomic E-state index is -0.182. The van der Waals surface area contributed by atoms with Crippen LogP contribution in [0.15, 0.2) is 90.4 Å². The maximum atomic E-state index is 13.3. The minimum Gasteiger partial charge on any atom is -0.372 e. The van der Waals surface area contributed by atoms with Crippen LogP contribution in [0.25, 0.3) is 0 Å². The van der Waals surface area contributed by atoms with Gasteiger partial charge in [0, 0.05) is 30.1 Å². The molecule has 3 aromatic rings. The Kier molecular flexibility index (Phi) is 4.17. The lowest BCUT2D eigenvalue weighted by molar-refractivity contribution is -0.116. The van der Waals surface area contributed by atoms with Crippen LogP contribution in [0, 0.1) is 0 Å². The summed E-state index contributed by atoms with van der Waals surface area (Å²) < 4.78 is 0. The average Bonchev–Trinajstić information content (AvgIpc) is 2.92. The van der Waals surface area contributed by atoms with E-state index >= 15 is 0 Å². The van der Waals surface area contributed by atoms with E-state index in [4.69, 9.17) is 0 Å². The average molecular weight is 367 g/mol. The van der Waals surface area contributed by atoms with Gasteiger partial charge in [0.05, 0.1) is 17.4 Å². The van der Waals surface area contributed by atoms with Crippen molar-refractivity contribution in [1.29, 1.82) is 0 Å². The largest absolute Gasteiger partial charge is 0.372 e. The SMILES string of the molecule is O=C1C[C@@H](c2ccccc2)CC2=C1[C@@H](c1ccncc1)Nc1ccccc1N2. The number of carbonyl (C=O) groups is 1. The number of para-hydroxylation sites is 2. The van der Waals surface area contributed by atoms with Gasteiger partial charge in [-0.2, -0.15) is 0 Å². The molecule has 0 spiro atoms. The summed E-state index contributed by atoms with van der Waals surface area (Å²) in [6.07, 6.45) is 4.91. The molecule has 4 heteroatoms. The number of pyridine rings is 1. The quantitative estimate of drug-likeness (QED) is 0.665. The fourth-order valence-corrected chi connectivity index (χ4v) is 4.26. The number of Topliss-reactive ketones (excluding diaryl/α,β-unsaturated/α-hetero) is 1. The fraction of sp³-hybridized carbons (Fsp3) is 0.167. The summed E-state index contributed by atoms with van der Waals surface area (Å²) >= 11 is 0. The van der Waals surface area contributed by atoms with Gasteiger partial charge in [-0.15, -0.1) is 0 Å². The zero-order valence-corrected chi connectivity index (χ0v) is 15.4.